The minimum atomic E-state index is -0.753. The molecule has 1 nitrogen and oxygen atoms in total. The Morgan fingerprint density at radius 3 is 1.96 bits per heavy atom. The van der Waals surface area contributed by atoms with Crippen molar-refractivity contribution in [2.24, 2.45) is 5.92 Å². The Balaban J connectivity index is 1.56. The van der Waals surface area contributed by atoms with Crippen LogP contribution in [-0.2, 0) is 4.52 Å². The molecule has 2 aliphatic carbocycles. The molecule has 0 spiro atoms. The van der Waals surface area contributed by atoms with Crippen molar-refractivity contribution in [2.45, 2.75) is 57.5 Å². The largest absolute Gasteiger partial charge is 0.342 e. The Labute approximate surface area is 159 Å². The van der Waals surface area contributed by atoms with Gasteiger partial charge in [0.2, 0.25) is 0 Å². The van der Waals surface area contributed by atoms with Crippen molar-refractivity contribution in [2.75, 3.05) is 0 Å². The lowest BCUT2D eigenvalue weighted by Crippen LogP contribution is -2.19. The minimum Gasteiger partial charge on any atom is -0.342 e. The Morgan fingerprint density at radius 2 is 1.35 bits per heavy atom. The first-order valence-electron chi connectivity index (χ1n) is 10.2. The average Bonchev–Trinajstić information content (AvgIpc) is 3.15. The van der Waals surface area contributed by atoms with E-state index in [2.05, 4.69) is 66.7 Å². The summed E-state index contributed by atoms with van der Waals surface area (Å²) < 4.78 is 6.83. The maximum atomic E-state index is 6.83. The maximum Gasteiger partial charge on any atom is 0.0926 e. The Kier molecular flexibility index (Phi) is 6.20. The smallest absolute Gasteiger partial charge is 0.0926 e. The van der Waals surface area contributed by atoms with Crippen molar-refractivity contribution >= 4 is 18.8 Å². The molecule has 1 unspecified atom stereocenters. The number of allylic oxidation sites excluding steroid dienone is 1. The van der Waals surface area contributed by atoms with E-state index >= 15 is 0 Å². The van der Waals surface area contributed by atoms with E-state index in [4.69, 9.17) is 4.52 Å². The molecule has 0 saturated heterocycles. The van der Waals surface area contributed by atoms with Gasteiger partial charge in [0.25, 0.3) is 0 Å². The molecule has 2 heteroatoms. The van der Waals surface area contributed by atoms with E-state index in [1.54, 1.807) is 5.57 Å². The molecule has 26 heavy (non-hydrogen) atoms. The van der Waals surface area contributed by atoms with E-state index in [1.807, 2.05) is 0 Å². The van der Waals surface area contributed by atoms with Gasteiger partial charge >= 0.3 is 0 Å². The molecule has 0 bridgehead atoms. The number of hydrogen-bond donors (Lipinski definition) is 0. The third kappa shape index (κ3) is 4.45. The Morgan fingerprint density at radius 1 is 0.731 bits per heavy atom. The topological polar surface area (TPSA) is 9.23 Å². The second-order valence-corrected chi connectivity index (χ2v) is 9.42. The lowest BCUT2D eigenvalue weighted by atomic mass is 9.87. The van der Waals surface area contributed by atoms with Crippen LogP contribution in [0.2, 0.25) is 0 Å². The fourth-order valence-electron chi connectivity index (χ4n) is 4.28. The van der Waals surface area contributed by atoms with Crippen LogP contribution in [0, 0.1) is 5.92 Å². The van der Waals surface area contributed by atoms with E-state index in [9.17, 15) is 0 Å². The van der Waals surface area contributed by atoms with E-state index in [0.717, 1.165) is 5.92 Å². The number of benzene rings is 2. The van der Waals surface area contributed by atoms with Crippen LogP contribution in [-0.4, -0.2) is 6.10 Å². The molecule has 0 N–H and O–H groups in total. The van der Waals surface area contributed by atoms with Gasteiger partial charge in [-0.05, 0) is 43.6 Å². The van der Waals surface area contributed by atoms with Gasteiger partial charge in [-0.3, -0.25) is 0 Å². The highest BCUT2D eigenvalue weighted by Crippen LogP contribution is 2.43. The second kappa shape index (κ2) is 8.98. The summed E-state index contributed by atoms with van der Waals surface area (Å²) in [5.74, 6) is 0.794. The summed E-state index contributed by atoms with van der Waals surface area (Å²) in [6.07, 6.45) is 13.6. The van der Waals surface area contributed by atoms with Gasteiger partial charge in [-0.15, -0.1) is 0 Å². The monoisotopic (exact) mass is 364 g/mol. The highest BCUT2D eigenvalue weighted by molar-refractivity contribution is 7.68. The molecular weight excluding hydrogens is 335 g/mol. The van der Waals surface area contributed by atoms with Crippen LogP contribution in [0.15, 0.2) is 72.3 Å². The molecule has 0 radical (unpaired) electrons. The SMILES string of the molecule is C(=C1CCCC1OP(c1ccccc1)c1ccccc1)C1CCCCC1. The van der Waals surface area contributed by atoms with Crippen LogP contribution >= 0.6 is 8.15 Å². The third-order valence-electron chi connectivity index (χ3n) is 5.66. The lowest BCUT2D eigenvalue weighted by Gasteiger charge is -2.25. The molecule has 2 aromatic rings. The van der Waals surface area contributed by atoms with Gasteiger partial charge in [0.1, 0.15) is 0 Å². The molecule has 0 aromatic heterocycles. The molecule has 1 atom stereocenters. The van der Waals surface area contributed by atoms with Crippen molar-refractivity contribution in [3.63, 3.8) is 0 Å². The highest BCUT2D eigenvalue weighted by Gasteiger charge is 2.28. The molecule has 4 rings (SSSR count). The predicted octanol–water partition coefficient (Wildman–Crippen LogP) is 6.11. The highest BCUT2D eigenvalue weighted by atomic mass is 31.1. The van der Waals surface area contributed by atoms with Crippen LogP contribution in [0.1, 0.15) is 51.4 Å². The number of rotatable bonds is 5. The summed E-state index contributed by atoms with van der Waals surface area (Å²) in [5, 5.41) is 2.63. The summed E-state index contributed by atoms with van der Waals surface area (Å²) in [6.45, 7) is 0. The van der Waals surface area contributed by atoms with Crippen molar-refractivity contribution in [1.29, 1.82) is 0 Å². The minimum absolute atomic E-state index is 0.309. The van der Waals surface area contributed by atoms with E-state index in [0.29, 0.717) is 6.10 Å². The van der Waals surface area contributed by atoms with Crippen LogP contribution in [0.4, 0.5) is 0 Å². The normalized spacial score (nSPS) is 23.0. The molecular formula is C24H29OP. The Hall–Kier alpha value is -1.43. The van der Waals surface area contributed by atoms with Crippen LogP contribution < -0.4 is 10.6 Å². The maximum absolute atomic E-state index is 6.83. The van der Waals surface area contributed by atoms with E-state index in [-0.39, 0.29) is 0 Å². The second-order valence-electron chi connectivity index (χ2n) is 7.59. The quantitative estimate of drug-likeness (QED) is 0.459. The van der Waals surface area contributed by atoms with Gasteiger partial charge in [-0.25, -0.2) is 0 Å². The Bertz CT molecular complexity index is 664. The molecule has 2 aromatic carbocycles. The van der Waals surface area contributed by atoms with E-state index < -0.39 is 8.15 Å². The standard InChI is InChI=1S/C24H29OP/c1-4-11-20(12-5-1)19-21-13-10-18-24(21)25-26(22-14-6-2-7-15-22)23-16-8-3-9-17-23/h2-3,6-9,14-17,19-20,24H,1,4-5,10-13,18H2. The van der Waals surface area contributed by atoms with Gasteiger partial charge in [-0.2, -0.15) is 0 Å². The van der Waals surface area contributed by atoms with Crippen molar-refractivity contribution < 1.29 is 4.52 Å². The van der Waals surface area contributed by atoms with Crippen molar-refractivity contribution in [3.8, 4) is 0 Å². The molecule has 2 fully saturated rings. The zero-order valence-electron chi connectivity index (χ0n) is 15.5. The molecule has 2 aliphatic rings. The summed E-state index contributed by atoms with van der Waals surface area (Å²) in [5.41, 5.74) is 1.58. The zero-order chi connectivity index (χ0) is 17.6. The fourth-order valence-corrected chi connectivity index (χ4v) is 6.20. The van der Waals surface area contributed by atoms with Crippen molar-refractivity contribution in [1.82, 2.24) is 0 Å². The lowest BCUT2D eigenvalue weighted by molar-refractivity contribution is 0.276. The first-order chi connectivity index (χ1) is 12.9. The third-order valence-corrected chi connectivity index (χ3v) is 7.66. The first kappa shape index (κ1) is 18.0. The van der Waals surface area contributed by atoms with Gasteiger partial charge in [0.05, 0.1) is 14.3 Å². The van der Waals surface area contributed by atoms with Gasteiger partial charge in [0.15, 0.2) is 0 Å². The molecule has 0 heterocycles. The van der Waals surface area contributed by atoms with Gasteiger partial charge in [-0.1, -0.05) is 86.0 Å². The van der Waals surface area contributed by atoms with Crippen LogP contribution in [0.5, 0.6) is 0 Å². The predicted molar refractivity (Wildman–Crippen MR) is 112 cm³/mol. The number of hydrogen-bond acceptors (Lipinski definition) is 1. The summed E-state index contributed by atoms with van der Waals surface area (Å²) in [4.78, 5) is 0. The molecule has 2 saturated carbocycles. The first-order valence-corrected chi connectivity index (χ1v) is 11.4. The molecule has 136 valence electrons. The fraction of sp³-hybridized carbons (Fsp3) is 0.417. The summed E-state index contributed by atoms with van der Waals surface area (Å²) in [7, 11) is -0.753. The summed E-state index contributed by atoms with van der Waals surface area (Å²) >= 11 is 0. The summed E-state index contributed by atoms with van der Waals surface area (Å²) in [6, 6.07) is 21.6. The van der Waals surface area contributed by atoms with Gasteiger partial charge < -0.3 is 4.52 Å². The van der Waals surface area contributed by atoms with E-state index in [1.165, 1.54) is 62.0 Å². The van der Waals surface area contributed by atoms with Crippen LogP contribution in [0.3, 0.4) is 0 Å². The van der Waals surface area contributed by atoms with Crippen molar-refractivity contribution in [3.05, 3.63) is 72.3 Å². The van der Waals surface area contributed by atoms with Crippen LogP contribution in [0.25, 0.3) is 0 Å². The molecule has 0 amide bonds. The van der Waals surface area contributed by atoms with Gasteiger partial charge in [0, 0.05) is 10.6 Å². The average molecular weight is 364 g/mol. The zero-order valence-corrected chi connectivity index (χ0v) is 16.4. The molecule has 0 aliphatic heterocycles.